The van der Waals surface area contributed by atoms with E-state index in [1.165, 1.54) is 24.8 Å². The molecule has 0 atom stereocenters. The zero-order valence-corrected chi connectivity index (χ0v) is 17.6. The van der Waals surface area contributed by atoms with E-state index in [1.807, 2.05) is 0 Å². The molecule has 1 aliphatic heterocycles. The van der Waals surface area contributed by atoms with E-state index in [0.29, 0.717) is 12.1 Å². The predicted molar refractivity (Wildman–Crippen MR) is 111 cm³/mol. The lowest BCUT2D eigenvalue weighted by Gasteiger charge is -2.16. The first-order valence-corrected chi connectivity index (χ1v) is 10.8. The lowest BCUT2D eigenvalue weighted by atomic mass is 10.1. The van der Waals surface area contributed by atoms with Crippen LogP contribution in [0.3, 0.4) is 0 Å². The van der Waals surface area contributed by atoms with Crippen molar-refractivity contribution in [1.82, 2.24) is 15.4 Å². The van der Waals surface area contributed by atoms with Crippen LogP contribution in [0.2, 0.25) is 0 Å². The number of sulfonamides is 1. The molecular formula is C19H28ClN3O4S. The number of hydrogen-bond acceptors (Lipinski definition) is 5. The van der Waals surface area contributed by atoms with Crippen LogP contribution in [-0.2, 0) is 10.0 Å². The maximum atomic E-state index is 12.8. The zero-order valence-electron chi connectivity index (χ0n) is 16.0. The van der Waals surface area contributed by atoms with Crippen molar-refractivity contribution in [3.63, 3.8) is 0 Å². The number of hydrogen-bond donors (Lipinski definition) is 3. The Morgan fingerprint density at radius 1 is 1.29 bits per heavy atom. The van der Waals surface area contributed by atoms with Crippen LogP contribution in [0.1, 0.15) is 42.5 Å². The number of rotatable bonds is 7. The van der Waals surface area contributed by atoms with E-state index < -0.39 is 10.0 Å². The topological polar surface area (TPSA) is 96.5 Å². The number of methoxy groups -OCH3 is 1. The van der Waals surface area contributed by atoms with Crippen molar-refractivity contribution in [2.24, 2.45) is 0 Å². The molecule has 1 amide bonds. The van der Waals surface area contributed by atoms with Gasteiger partial charge in [-0.15, -0.1) is 12.4 Å². The fraction of sp³-hybridized carbons (Fsp3) is 0.526. The molecule has 1 aromatic carbocycles. The summed E-state index contributed by atoms with van der Waals surface area (Å²) in [7, 11) is -2.33. The van der Waals surface area contributed by atoms with Gasteiger partial charge in [-0.05, 0) is 44.0 Å². The van der Waals surface area contributed by atoms with Gasteiger partial charge in [-0.25, -0.2) is 13.1 Å². The smallest absolute Gasteiger partial charge is 0.251 e. The second kappa shape index (κ2) is 10.2. The lowest BCUT2D eigenvalue weighted by molar-refractivity contribution is 0.0956. The van der Waals surface area contributed by atoms with E-state index in [4.69, 9.17) is 4.74 Å². The molecule has 0 aromatic heterocycles. The van der Waals surface area contributed by atoms with Crippen LogP contribution in [-0.4, -0.2) is 47.1 Å². The van der Waals surface area contributed by atoms with E-state index >= 15 is 0 Å². The molecule has 3 rings (SSSR count). The van der Waals surface area contributed by atoms with Gasteiger partial charge in [0.25, 0.3) is 5.91 Å². The average molecular weight is 430 g/mol. The number of halogens is 1. The highest BCUT2D eigenvalue weighted by Gasteiger charge is 2.26. The lowest BCUT2D eigenvalue weighted by Crippen LogP contribution is -2.33. The molecule has 0 radical (unpaired) electrons. The Hall–Kier alpha value is -1.61. The molecule has 1 saturated carbocycles. The highest BCUT2D eigenvalue weighted by atomic mass is 35.5. The van der Waals surface area contributed by atoms with E-state index in [0.717, 1.165) is 45.2 Å². The number of ether oxygens (including phenoxy) is 1. The molecule has 2 aliphatic rings. The molecule has 1 fully saturated rings. The van der Waals surface area contributed by atoms with Crippen molar-refractivity contribution in [2.45, 2.75) is 43.0 Å². The predicted octanol–water partition coefficient (Wildman–Crippen LogP) is 1.99. The molecule has 1 aromatic rings. The third-order valence-electron chi connectivity index (χ3n) is 5.03. The van der Waals surface area contributed by atoms with Gasteiger partial charge >= 0.3 is 0 Å². The van der Waals surface area contributed by atoms with E-state index in [-0.39, 0.29) is 35.0 Å². The van der Waals surface area contributed by atoms with Crippen molar-refractivity contribution in [2.75, 3.05) is 26.7 Å². The molecule has 1 heterocycles. The first-order valence-electron chi connectivity index (χ1n) is 9.37. The van der Waals surface area contributed by atoms with Crippen molar-refractivity contribution < 1.29 is 17.9 Å². The summed E-state index contributed by atoms with van der Waals surface area (Å²) in [6, 6.07) is 4.45. The number of carbonyl (C=O) groups excluding carboxylic acids is 1. The highest BCUT2D eigenvalue weighted by Crippen LogP contribution is 2.27. The van der Waals surface area contributed by atoms with Crippen LogP contribution in [0.25, 0.3) is 0 Å². The molecule has 0 unspecified atom stereocenters. The van der Waals surface area contributed by atoms with Gasteiger partial charge in [0, 0.05) is 24.7 Å². The minimum Gasteiger partial charge on any atom is -0.495 e. The highest BCUT2D eigenvalue weighted by molar-refractivity contribution is 7.89. The molecule has 28 heavy (non-hydrogen) atoms. The summed E-state index contributed by atoms with van der Waals surface area (Å²) in [6.07, 6.45) is 6.70. The zero-order chi connectivity index (χ0) is 19.3. The number of benzene rings is 1. The molecule has 9 heteroatoms. The van der Waals surface area contributed by atoms with E-state index in [2.05, 4.69) is 21.4 Å². The summed E-state index contributed by atoms with van der Waals surface area (Å²) >= 11 is 0. The Morgan fingerprint density at radius 3 is 2.68 bits per heavy atom. The van der Waals surface area contributed by atoms with Gasteiger partial charge in [0.15, 0.2) is 0 Å². The molecule has 0 spiro atoms. The van der Waals surface area contributed by atoms with Crippen LogP contribution in [0.4, 0.5) is 0 Å². The molecule has 7 nitrogen and oxygen atoms in total. The monoisotopic (exact) mass is 429 g/mol. The van der Waals surface area contributed by atoms with E-state index in [9.17, 15) is 13.2 Å². The maximum Gasteiger partial charge on any atom is 0.251 e. The Bertz CT molecular complexity index is 820. The standard InChI is InChI=1S/C19H27N3O4S.ClH/c1-26-17-7-6-15(19(23)21-13-14-8-10-20-11-9-14)12-18(17)27(24,25)22-16-4-2-3-5-16;/h6-8,12,16,20,22H,2-5,9-11,13H2,1H3,(H,21,23);1H. The van der Waals surface area contributed by atoms with Crippen LogP contribution in [0.15, 0.2) is 34.7 Å². The minimum absolute atomic E-state index is 0. The normalized spacial score (nSPS) is 17.5. The number of nitrogens with one attached hydrogen (secondary N) is 3. The first-order chi connectivity index (χ1) is 13.0. The summed E-state index contributed by atoms with van der Waals surface area (Å²) in [4.78, 5) is 12.5. The maximum absolute atomic E-state index is 12.8. The van der Waals surface area contributed by atoms with Crippen molar-refractivity contribution in [3.05, 3.63) is 35.4 Å². The van der Waals surface area contributed by atoms with Gasteiger partial charge in [0.05, 0.1) is 7.11 Å². The van der Waals surface area contributed by atoms with Crippen molar-refractivity contribution in [1.29, 1.82) is 0 Å². The Labute approximate surface area is 172 Å². The summed E-state index contributed by atoms with van der Waals surface area (Å²) in [5.41, 5.74) is 1.48. The Kier molecular flexibility index (Phi) is 8.30. The Balaban J connectivity index is 0.00000280. The molecule has 156 valence electrons. The largest absolute Gasteiger partial charge is 0.495 e. The second-order valence-electron chi connectivity index (χ2n) is 6.97. The van der Waals surface area contributed by atoms with Crippen LogP contribution in [0.5, 0.6) is 5.75 Å². The molecule has 0 saturated heterocycles. The molecule has 1 aliphatic carbocycles. The third-order valence-corrected chi connectivity index (χ3v) is 6.57. The third kappa shape index (κ3) is 5.70. The minimum atomic E-state index is -3.75. The number of amides is 1. The summed E-state index contributed by atoms with van der Waals surface area (Å²) in [5, 5.41) is 6.09. The van der Waals surface area contributed by atoms with Crippen molar-refractivity contribution >= 4 is 28.3 Å². The second-order valence-corrected chi connectivity index (χ2v) is 8.65. The van der Waals surface area contributed by atoms with E-state index in [1.54, 1.807) is 6.07 Å². The van der Waals surface area contributed by atoms with Gasteiger partial charge in [-0.1, -0.05) is 24.5 Å². The summed E-state index contributed by atoms with van der Waals surface area (Å²) < 4.78 is 33.6. The van der Waals surface area contributed by atoms with Gasteiger partial charge in [-0.3, -0.25) is 4.79 Å². The first kappa shape index (κ1) is 22.7. The molecule has 0 bridgehead atoms. The summed E-state index contributed by atoms with van der Waals surface area (Å²) in [6.45, 7) is 2.18. The van der Waals surface area contributed by atoms with Crippen LogP contribution < -0.4 is 20.1 Å². The quantitative estimate of drug-likeness (QED) is 0.576. The van der Waals surface area contributed by atoms with Gasteiger partial charge in [0.1, 0.15) is 10.6 Å². The van der Waals surface area contributed by atoms with Crippen LogP contribution in [0, 0.1) is 0 Å². The van der Waals surface area contributed by atoms with Gasteiger partial charge < -0.3 is 15.4 Å². The number of carbonyl (C=O) groups is 1. The Morgan fingerprint density at radius 2 is 2.04 bits per heavy atom. The molecule has 3 N–H and O–H groups in total. The van der Waals surface area contributed by atoms with Gasteiger partial charge in [0.2, 0.25) is 10.0 Å². The fourth-order valence-electron chi connectivity index (χ4n) is 3.48. The summed E-state index contributed by atoms with van der Waals surface area (Å²) in [5.74, 6) is -0.0625. The average Bonchev–Trinajstić information content (AvgIpc) is 3.18. The van der Waals surface area contributed by atoms with Crippen molar-refractivity contribution in [3.8, 4) is 5.75 Å². The van der Waals surface area contributed by atoms with Gasteiger partial charge in [-0.2, -0.15) is 0 Å². The molecular weight excluding hydrogens is 402 g/mol. The SMILES string of the molecule is COc1ccc(C(=O)NCC2=CCNCC2)cc1S(=O)(=O)NC1CCCC1.Cl. The van der Waals surface area contributed by atoms with Crippen LogP contribution >= 0.6 is 12.4 Å². The fourth-order valence-corrected chi connectivity index (χ4v) is 4.98.